The molecule has 37 heavy (non-hydrogen) atoms. The van der Waals surface area contributed by atoms with Crippen LogP contribution in [0.25, 0.3) is 16.9 Å². The van der Waals surface area contributed by atoms with Gasteiger partial charge in [0.15, 0.2) is 28.8 Å². The summed E-state index contributed by atoms with van der Waals surface area (Å²) in [6, 6.07) is 5.14. The third-order valence-electron chi connectivity index (χ3n) is 5.42. The predicted octanol–water partition coefficient (Wildman–Crippen LogP) is 3.71. The van der Waals surface area contributed by atoms with Crippen LogP contribution in [-0.4, -0.2) is 59.8 Å². The lowest BCUT2D eigenvalue weighted by molar-refractivity contribution is 0.270. The highest BCUT2D eigenvalue weighted by molar-refractivity contribution is 6.32. The zero-order valence-corrected chi connectivity index (χ0v) is 21.4. The van der Waals surface area contributed by atoms with Crippen molar-refractivity contribution >= 4 is 22.8 Å². The smallest absolute Gasteiger partial charge is 0.332 e. The van der Waals surface area contributed by atoms with Crippen LogP contribution in [0, 0.1) is 11.6 Å². The molecule has 0 bridgehead atoms. The molecule has 10 nitrogen and oxygen atoms in total. The van der Waals surface area contributed by atoms with Gasteiger partial charge in [-0.15, -0.1) is 0 Å². The highest BCUT2D eigenvalue weighted by Crippen LogP contribution is 2.37. The molecule has 0 spiro atoms. The van der Waals surface area contributed by atoms with Gasteiger partial charge in [0.1, 0.15) is 23.7 Å². The van der Waals surface area contributed by atoms with Crippen molar-refractivity contribution in [2.24, 2.45) is 0 Å². The minimum absolute atomic E-state index is 0.108. The van der Waals surface area contributed by atoms with Crippen LogP contribution in [0.5, 0.6) is 23.1 Å². The van der Waals surface area contributed by atoms with Gasteiger partial charge in [-0.3, -0.25) is 4.98 Å². The molecule has 0 fully saturated rings. The van der Waals surface area contributed by atoms with Gasteiger partial charge in [-0.05, 0) is 26.2 Å². The van der Waals surface area contributed by atoms with Gasteiger partial charge < -0.3 is 23.8 Å². The monoisotopic (exact) mass is 535 g/mol. The van der Waals surface area contributed by atoms with E-state index >= 15 is 0 Å². The summed E-state index contributed by atoms with van der Waals surface area (Å²) in [4.78, 5) is 26.5. The van der Waals surface area contributed by atoms with Crippen LogP contribution in [0.2, 0.25) is 5.02 Å². The number of benzene rings is 2. The number of imidazole rings is 1. The summed E-state index contributed by atoms with van der Waals surface area (Å²) in [6.07, 6.45) is 0. The van der Waals surface area contributed by atoms with Crippen LogP contribution < -0.4 is 24.6 Å². The van der Waals surface area contributed by atoms with E-state index in [1.54, 1.807) is 0 Å². The zero-order valence-electron chi connectivity index (χ0n) is 20.7. The molecule has 196 valence electrons. The Bertz CT molecular complexity index is 1520. The SMILES string of the molecule is COc1cc(Cl)c(-n2c(=O)[nH]c3c(OC)nc(CN(C)C)nc32)cc1OCc1c(OC)ccc(F)c1F. The number of hydrogen-bond acceptors (Lipinski definition) is 8. The largest absolute Gasteiger partial charge is 0.496 e. The Morgan fingerprint density at radius 3 is 2.41 bits per heavy atom. The number of methoxy groups -OCH3 is 3. The van der Waals surface area contributed by atoms with Crippen molar-refractivity contribution in [2.45, 2.75) is 13.2 Å². The summed E-state index contributed by atoms with van der Waals surface area (Å²) in [6.45, 7) is -0.00658. The molecule has 4 rings (SSSR count). The van der Waals surface area contributed by atoms with Gasteiger partial charge in [-0.25, -0.2) is 23.1 Å². The van der Waals surface area contributed by atoms with E-state index in [9.17, 15) is 13.6 Å². The number of nitrogens with one attached hydrogen (secondary N) is 1. The van der Waals surface area contributed by atoms with Gasteiger partial charge in [0, 0.05) is 12.1 Å². The molecule has 0 saturated heterocycles. The summed E-state index contributed by atoms with van der Waals surface area (Å²) in [5, 5.41) is 0.147. The molecule has 0 aliphatic rings. The van der Waals surface area contributed by atoms with Crippen molar-refractivity contribution in [1.29, 1.82) is 0 Å². The molecular formula is C24H24ClF2N5O5. The quantitative estimate of drug-likeness (QED) is 0.346. The van der Waals surface area contributed by atoms with Crippen LogP contribution in [0.3, 0.4) is 0 Å². The minimum atomic E-state index is -1.10. The number of aromatic amines is 1. The molecule has 0 aliphatic heterocycles. The lowest BCUT2D eigenvalue weighted by Crippen LogP contribution is -2.17. The average molecular weight is 536 g/mol. The van der Waals surface area contributed by atoms with Crippen molar-refractivity contribution in [3.63, 3.8) is 0 Å². The molecule has 2 aromatic heterocycles. The number of halogens is 3. The molecule has 2 aromatic carbocycles. The first-order chi connectivity index (χ1) is 17.7. The zero-order chi connectivity index (χ0) is 26.9. The van der Waals surface area contributed by atoms with Crippen LogP contribution in [0.15, 0.2) is 29.1 Å². The fourth-order valence-electron chi connectivity index (χ4n) is 3.75. The Kier molecular flexibility index (Phi) is 7.50. The van der Waals surface area contributed by atoms with Crippen molar-refractivity contribution in [3.05, 3.63) is 62.8 Å². The molecule has 0 saturated carbocycles. The fourth-order valence-corrected chi connectivity index (χ4v) is 3.98. The Hall–Kier alpha value is -3.90. The summed E-state index contributed by atoms with van der Waals surface area (Å²) >= 11 is 6.53. The standard InChI is InChI=1S/C24H24ClF2N5O5/c1-31(2)10-19-28-22-21(23(29-19)36-5)30-24(33)32(22)15-9-18(17(35-4)8-13(15)25)37-11-12-16(34-3)7-6-14(26)20(12)27/h6-9H,10-11H2,1-5H3,(H,30,33). The summed E-state index contributed by atoms with van der Waals surface area (Å²) < 4.78 is 51.2. The number of fused-ring (bicyclic) bond motifs is 1. The first kappa shape index (κ1) is 26.2. The third-order valence-corrected chi connectivity index (χ3v) is 5.72. The second-order valence-corrected chi connectivity index (χ2v) is 8.54. The van der Waals surface area contributed by atoms with Crippen molar-refractivity contribution in [1.82, 2.24) is 24.4 Å². The molecular weight excluding hydrogens is 512 g/mol. The van der Waals surface area contributed by atoms with E-state index in [0.717, 1.165) is 6.07 Å². The van der Waals surface area contributed by atoms with Crippen molar-refractivity contribution < 1.29 is 27.7 Å². The maximum Gasteiger partial charge on any atom is 0.332 e. The third kappa shape index (κ3) is 5.02. The molecule has 13 heteroatoms. The lowest BCUT2D eigenvalue weighted by atomic mass is 10.2. The van der Waals surface area contributed by atoms with E-state index in [0.29, 0.717) is 12.4 Å². The van der Waals surface area contributed by atoms with Gasteiger partial charge in [0.2, 0.25) is 5.88 Å². The molecule has 4 aromatic rings. The molecule has 1 N–H and O–H groups in total. The Morgan fingerprint density at radius 1 is 1.03 bits per heavy atom. The van der Waals surface area contributed by atoms with Crippen LogP contribution in [0.1, 0.15) is 11.4 Å². The molecule has 0 radical (unpaired) electrons. The van der Waals surface area contributed by atoms with Crippen molar-refractivity contribution in [3.8, 4) is 28.8 Å². The number of hydrogen-bond donors (Lipinski definition) is 1. The Labute approximate surface area is 215 Å². The topological polar surface area (TPSA) is 104 Å². The summed E-state index contributed by atoms with van der Waals surface area (Å²) in [7, 11) is 7.87. The molecule has 0 aliphatic carbocycles. The van der Waals surface area contributed by atoms with Gasteiger partial charge in [0.05, 0.1) is 44.1 Å². The average Bonchev–Trinajstić information content (AvgIpc) is 3.19. The van der Waals surface area contributed by atoms with E-state index in [4.69, 9.17) is 30.5 Å². The van der Waals surface area contributed by atoms with Crippen LogP contribution in [-0.2, 0) is 13.2 Å². The molecule has 2 heterocycles. The van der Waals surface area contributed by atoms with Crippen molar-refractivity contribution in [2.75, 3.05) is 35.4 Å². The molecule has 0 atom stereocenters. The van der Waals surface area contributed by atoms with E-state index < -0.39 is 23.9 Å². The lowest BCUT2D eigenvalue weighted by Gasteiger charge is -2.16. The van der Waals surface area contributed by atoms with E-state index in [1.165, 1.54) is 44.1 Å². The second-order valence-electron chi connectivity index (χ2n) is 8.14. The highest BCUT2D eigenvalue weighted by Gasteiger charge is 2.22. The normalized spacial score (nSPS) is 11.3. The minimum Gasteiger partial charge on any atom is -0.496 e. The summed E-state index contributed by atoms with van der Waals surface area (Å²) in [5.41, 5.74) is 0.0222. The summed E-state index contributed by atoms with van der Waals surface area (Å²) in [5.74, 6) is -1.11. The molecule has 0 unspecified atom stereocenters. The van der Waals surface area contributed by atoms with E-state index in [1.807, 2.05) is 19.0 Å². The van der Waals surface area contributed by atoms with Crippen LogP contribution >= 0.6 is 11.6 Å². The molecule has 0 amide bonds. The van der Waals surface area contributed by atoms with E-state index in [2.05, 4.69) is 15.0 Å². The van der Waals surface area contributed by atoms with Crippen LogP contribution in [0.4, 0.5) is 8.78 Å². The number of aromatic nitrogens is 4. The maximum absolute atomic E-state index is 14.5. The number of rotatable bonds is 9. The van der Waals surface area contributed by atoms with E-state index in [-0.39, 0.29) is 50.6 Å². The van der Waals surface area contributed by atoms with Gasteiger partial charge in [-0.2, -0.15) is 4.98 Å². The number of ether oxygens (including phenoxy) is 4. The number of nitrogens with zero attached hydrogens (tertiary/aromatic N) is 4. The Balaban J connectivity index is 1.84. The number of H-pyrrole nitrogens is 1. The van der Waals surface area contributed by atoms with Gasteiger partial charge in [-0.1, -0.05) is 11.6 Å². The van der Waals surface area contributed by atoms with Gasteiger partial charge in [0.25, 0.3) is 0 Å². The fraction of sp³-hybridized carbons (Fsp3) is 0.292. The maximum atomic E-state index is 14.5. The Morgan fingerprint density at radius 2 is 1.76 bits per heavy atom. The predicted molar refractivity (Wildman–Crippen MR) is 132 cm³/mol. The highest BCUT2D eigenvalue weighted by atomic mass is 35.5. The van der Waals surface area contributed by atoms with Gasteiger partial charge >= 0.3 is 5.69 Å². The second kappa shape index (κ2) is 10.6. The first-order valence-electron chi connectivity index (χ1n) is 10.9. The first-order valence-corrected chi connectivity index (χ1v) is 11.3.